The van der Waals surface area contributed by atoms with E-state index in [0.29, 0.717) is 5.69 Å². The first-order valence-corrected chi connectivity index (χ1v) is 8.45. The maximum absolute atomic E-state index is 12.2. The van der Waals surface area contributed by atoms with Gasteiger partial charge in [0, 0.05) is 10.9 Å². The van der Waals surface area contributed by atoms with E-state index in [2.05, 4.69) is 4.98 Å². The van der Waals surface area contributed by atoms with Gasteiger partial charge in [-0.05, 0) is 49.9 Å². The van der Waals surface area contributed by atoms with Crippen LogP contribution >= 0.6 is 11.3 Å². The molecule has 4 nitrogen and oxygen atoms in total. The van der Waals surface area contributed by atoms with Gasteiger partial charge in [-0.3, -0.25) is 0 Å². The summed E-state index contributed by atoms with van der Waals surface area (Å²) >= 11 is 1.45. The summed E-state index contributed by atoms with van der Waals surface area (Å²) in [6, 6.07) is 7.65. The molecule has 0 amide bonds. The highest BCUT2D eigenvalue weighted by molar-refractivity contribution is 7.13. The monoisotopic (exact) mass is 317 g/mol. The van der Waals surface area contributed by atoms with Crippen LogP contribution in [0.3, 0.4) is 0 Å². The van der Waals surface area contributed by atoms with Gasteiger partial charge in [0.1, 0.15) is 16.9 Å². The lowest BCUT2D eigenvalue weighted by Gasteiger charge is -2.21. The zero-order valence-electron chi connectivity index (χ0n) is 12.6. The summed E-state index contributed by atoms with van der Waals surface area (Å²) in [6.45, 7) is 0. The number of benzene rings is 1. The Morgan fingerprint density at radius 3 is 2.59 bits per heavy atom. The lowest BCUT2D eigenvalue weighted by molar-refractivity contribution is 0.0205. The Bertz CT molecular complexity index is 630. The fourth-order valence-corrected chi connectivity index (χ4v) is 3.42. The van der Waals surface area contributed by atoms with Gasteiger partial charge in [0.25, 0.3) is 0 Å². The van der Waals surface area contributed by atoms with E-state index in [-0.39, 0.29) is 12.1 Å². The van der Waals surface area contributed by atoms with Crippen molar-refractivity contribution in [3.05, 3.63) is 35.3 Å². The summed E-state index contributed by atoms with van der Waals surface area (Å²) in [5, 5.41) is 2.59. The molecule has 1 aromatic carbocycles. The summed E-state index contributed by atoms with van der Waals surface area (Å²) in [5.74, 6) is 0.500. The zero-order valence-corrected chi connectivity index (χ0v) is 13.4. The van der Waals surface area contributed by atoms with E-state index >= 15 is 0 Å². The van der Waals surface area contributed by atoms with Crippen LogP contribution in [-0.4, -0.2) is 24.2 Å². The van der Waals surface area contributed by atoms with Crippen molar-refractivity contribution < 1.29 is 14.3 Å². The van der Waals surface area contributed by atoms with Crippen LogP contribution in [0, 0.1) is 0 Å². The summed E-state index contributed by atoms with van der Waals surface area (Å²) in [4.78, 5) is 16.6. The second-order valence-electron chi connectivity index (χ2n) is 5.43. The zero-order chi connectivity index (χ0) is 15.4. The third kappa shape index (κ3) is 3.47. The number of aromatic nitrogens is 1. The molecule has 1 heterocycles. The SMILES string of the molecule is COc1ccc(-c2nc(C(=O)OC3CCCCC3)cs2)cc1. The lowest BCUT2D eigenvalue weighted by Crippen LogP contribution is -2.21. The highest BCUT2D eigenvalue weighted by atomic mass is 32.1. The normalized spacial score (nSPS) is 15.5. The Kier molecular flexibility index (Phi) is 4.73. The van der Waals surface area contributed by atoms with E-state index in [0.717, 1.165) is 42.0 Å². The van der Waals surface area contributed by atoms with Crippen LogP contribution < -0.4 is 4.74 Å². The molecule has 1 aliphatic rings. The number of hydrogen-bond donors (Lipinski definition) is 0. The van der Waals surface area contributed by atoms with Gasteiger partial charge in [-0.1, -0.05) is 6.42 Å². The standard InChI is InChI=1S/C17H19NO3S/c1-20-13-9-7-12(8-10-13)16-18-15(11-22-16)17(19)21-14-5-3-2-4-6-14/h7-11,14H,2-6H2,1H3. The number of carbonyl (C=O) groups excluding carboxylic acids is 1. The van der Waals surface area contributed by atoms with Crippen molar-refractivity contribution in [2.75, 3.05) is 7.11 Å². The van der Waals surface area contributed by atoms with E-state index in [1.165, 1.54) is 17.8 Å². The number of thiazole rings is 1. The smallest absolute Gasteiger partial charge is 0.358 e. The van der Waals surface area contributed by atoms with Crippen molar-refractivity contribution in [2.45, 2.75) is 38.2 Å². The Morgan fingerprint density at radius 1 is 1.18 bits per heavy atom. The van der Waals surface area contributed by atoms with Crippen molar-refractivity contribution in [1.29, 1.82) is 0 Å². The Labute approximate surface area is 134 Å². The van der Waals surface area contributed by atoms with Crippen molar-refractivity contribution >= 4 is 17.3 Å². The first-order valence-electron chi connectivity index (χ1n) is 7.57. The summed E-state index contributed by atoms with van der Waals surface area (Å²) in [7, 11) is 1.64. The minimum Gasteiger partial charge on any atom is -0.497 e. The largest absolute Gasteiger partial charge is 0.497 e. The molecule has 22 heavy (non-hydrogen) atoms. The molecule has 0 atom stereocenters. The number of carbonyl (C=O) groups is 1. The molecule has 1 saturated carbocycles. The van der Waals surface area contributed by atoms with Crippen LogP contribution in [0.4, 0.5) is 0 Å². The van der Waals surface area contributed by atoms with Crippen LogP contribution in [0.25, 0.3) is 10.6 Å². The molecule has 0 radical (unpaired) electrons. The van der Waals surface area contributed by atoms with Crippen molar-refractivity contribution in [1.82, 2.24) is 4.98 Å². The average molecular weight is 317 g/mol. The first kappa shape index (κ1) is 15.0. The van der Waals surface area contributed by atoms with E-state index in [1.54, 1.807) is 12.5 Å². The van der Waals surface area contributed by atoms with Crippen LogP contribution in [0.2, 0.25) is 0 Å². The van der Waals surface area contributed by atoms with Crippen molar-refractivity contribution in [3.8, 4) is 16.3 Å². The predicted molar refractivity (Wildman–Crippen MR) is 86.4 cm³/mol. The van der Waals surface area contributed by atoms with Gasteiger partial charge < -0.3 is 9.47 Å². The van der Waals surface area contributed by atoms with E-state index in [1.807, 2.05) is 24.3 Å². The fourth-order valence-electron chi connectivity index (χ4n) is 2.63. The quantitative estimate of drug-likeness (QED) is 0.789. The Balaban J connectivity index is 1.68. The number of rotatable bonds is 4. The highest BCUT2D eigenvalue weighted by Gasteiger charge is 2.20. The van der Waals surface area contributed by atoms with Gasteiger partial charge >= 0.3 is 5.97 Å². The van der Waals surface area contributed by atoms with Gasteiger partial charge in [-0.2, -0.15) is 0 Å². The number of hydrogen-bond acceptors (Lipinski definition) is 5. The van der Waals surface area contributed by atoms with Gasteiger partial charge in [-0.15, -0.1) is 11.3 Å². The van der Waals surface area contributed by atoms with E-state index < -0.39 is 0 Å². The lowest BCUT2D eigenvalue weighted by atomic mass is 9.98. The summed E-state index contributed by atoms with van der Waals surface area (Å²) in [5.41, 5.74) is 1.38. The third-order valence-electron chi connectivity index (χ3n) is 3.88. The van der Waals surface area contributed by atoms with E-state index in [9.17, 15) is 4.79 Å². The third-order valence-corrected chi connectivity index (χ3v) is 4.77. The molecular formula is C17H19NO3S. The van der Waals surface area contributed by atoms with Gasteiger partial charge in [0.15, 0.2) is 5.69 Å². The van der Waals surface area contributed by atoms with Crippen molar-refractivity contribution in [3.63, 3.8) is 0 Å². The minimum atomic E-state index is -0.303. The van der Waals surface area contributed by atoms with Gasteiger partial charge in [0.05, 0.1) is 7.11 Å². The van der Waals surface area contributed by atoms with Gasteiger partial charge in [-0.25, -0.2) is 9.78 Å². The molecule has 0 spiro atoms. The predicted octanol–water partition coefficient (Wildman–Crippen LogP) is 4.31. The number of esters is 1. The highest BCUT2D eigenvalue weighted by Crippen LogP contribution is 2.27. The molecule has 3 rings (SSSR count). The molecule has 1 aliphatic carbocycles. The molecule has 5 heteroatoms. The topological polar surface area (TPSA) is 48.4 Å². The molecule has 0 bridgehead atoms. The molecule has 1 aromatic heterocycles. The van der Waals surface area contributed by atoms with E-state index in [4.69, 9.17) is 9.47 Å². The molecule has 2 aromatic rings. The fraction of sp³-hybridized carbons (Fsp3) is 0.412. The second-order valence-corrected chi connectivity index (χ2v) is 6.29. The Hall–Kier alpha value is -1.88. The summed E-state index contributed by atoms with van der Waals surface area (Å²) < 4.78 is 10.7. The molecule has 116 valence electrons. The molecule has 0 saturated heterocycles. The van der Waals surface area contributed by atoms with Crippen LogP contribution in [0.15, 0.2) is 29.6 Å². The molecule has 0 unspecified atom stereocenters. The number of nitrogens with zero attached hydrogens (tertiary/aromatic N) is 1. The maximum atomic E-state index is 12.2. The maximum Gasteiger partial charge on any atom is 0.358 e. The summed E-state index contributed by atoms with van der Waals surface area (Å²) in [6.07, 6.45) is 5.54. The first-order chi connectivity index (χ1) is 10.8. The number of ether oxygens (including phenoxy) is 2. The van der Waals surface area contributed by atoms with Gasteiger partial charge in [0.2, 0.25) is 0 Å². The second kappa shape index (κ2) is 6.92. The van der Waals surface area contributed by atoms with Crippen LogP contribution in [0.1, 0.15) is 42.6 Å². The minimum absolute atomic E-state index is 0.0624. The van der Waals surface area contributed by atoms with Crippen LogP contribution in [-0.2, 0) is 4.74 Å². The average Bonchev–Trinajstić information content (AvgIpc) is 3.06. The number of methoxy groups -OCH3 is 1. The molecule has 1 fully saturated rings. The molecular weight excluding hydrogens is 298 g/mol. The van der Waals surface area contributed by atoms with Crippen LogP contribution in [0.5, 0.6) is 5.75 Å². The van der Waals surface area contributed by atoms with Crippen molar-refractivity contribution in [2.24, 2.45) is 0 Å². The molecule has 0 aliphatic heterocycles. The Morgan fingerprint density at radius 2 is 1.91 bits per heavy atom. The molecule has 0 N–H and O–H groups in total.